The summed E-state index contributed by atoms with van der Waals surface area (Å²) >= 11 is 0. The summed E-state index contributed by atoms with van der Waals surface area (Å²) in [5.74, 6) is -1.46. The molecule has 0 radical (unpaired) electrons. The number of aliphatic carboxylic acids is 1. The van der Waals surface area contributed by atoms with Gasteiger partial charge in [0.15, 0.2) is 6.29 Å². The molecule has 204 valence electrons. The Morgan fingerprint density at radius 3 is 2.38 bits per heavy atom. The zero-order chi connectivity index (χ0) is 27.9. The Bertz CT molecular complexity index is 1200. The third kappa shape index (κ3) is 8.31. The predicted octanol–water partition coefficient (Wildman–Crippen LogP) is 4.84. The molecule has 0 bridgehead atoms. The highest BCUT2D eigenvalue weighted by Gasteiger charge is 2.28. The van der Waals surface area contributed by atoms with E-state index in [0.29, 0.717) is 28.9 Å². The highest BCUT2D eigenvalue weighted by Crippen LogP contribution is 2.32. The van der Waals surface area contributed by atoms with E-state index in [-0.39, 0.29) is 18.3 Å². The molecule has 1 aromatic carbocycles. The van der Waals surface area contributed by atoms with Crippen LogP contribution < -0.4 is 4.31 Å². The average molecular weight is 538 g/mol. The number of rotatable bonds is 8. The maximum atomic E-state index is 13.6. The molecule has 9 nitrogen and oxygen atoms in total. The second-order valence-corrected chi connectivity index (χ2v) is 10.8. The fourth-order valence-electron chi connectivity index (χ4n) is 3.77. The molecule has 0 amide bonds. The lowest BCUT2D eigenvalue weighted by molar-refractivity contribution is -0.224. The lowest BCUT2D eigenvalue weighted by atomic mass is 9.97. The van der Waals surface area contributed by atoms with Crippen LogP contribution in [0.5, 0.6) is 0 Å². The Morgan fingerprint density at radius 1 is 1.22 bits per heavy atom. The van der Waals surface area contributed by atoms with E-state index in [4.69, 9.17) is 14.6 Å². The molecule has 2 heterocycles. The molecule has 2 aromatic rings. The van der Waals surface area contributed by atoms with E-state index in [0.717, 1.165) is 10.6 Å². The number of sulfonamides is 1. The van der Waals surface area contributed by atoms with Crippen LogP contribution >= 0.6 is 0 Å². The zero-order valence-electron chi connectivity index (χ0n) is 22.3. The van der Waals surface area contributed by atoms with Gasteiger partial charge in [0.05, 0.1) is 36.3 Å². The fourth-order valence-corrected chi connectivity index (χ4v) is 4.15. The number of benzene rings is 1. The van der Waals surface area contributed by atoms with Gasteiger partial charge in [0.2, 0.25) is 16.0 Å². The molecular weight excluding hydrogens is 501 g/mol. The van der Waals surface area contributed by atoms with Crippen molar-refractivity contribution in [1.82, 2.24) is 9.97 Å². The van der Waals surface area contributed by atoms with Gasteiger partial charge in [-0.1, -0.05) is 39.8 Å². The quantitative estimate of drug-likeness (QED) is 0.508. The molecule has 11 heteroatoms. The van der Waals surface area contributed by atoms with Gasteiger partial charge in [-0.05, 0) is 37.1 Å². The number of hydrogen-bond donors (Lipinski definition) is 1. The Kier molecular flexibility index (Phi) is 10.7. The van der Waals surface area contributed by atoms with Gasteiger partial charge in [-0.3, -0.25) is 4.79 Å². The van der Waals surface area contributed by atoms with Crippen LogP contribution in [0.4, 0.5) is 10.3 Å². The number of anilines is 1. The van der Waals surface area contributed by atoms with Crippen LogP contribution in [0, 0.1) is 5.82 Å². The molecule has 0 spiro atoms. The summed E-state index contributed by atoms with van der Waals surface area (Å²) in [5.41, 5.74) is 2.26. The fraction of sp³-hybridized carbons (Fsp3) is 0.500. The molecule has 1 saturated heterocycles. The molecule has 0 saturated carbocycles. The summed E-state index contributed by atoms with van der Waals surface area (Å²) < 4.78 is 50.3. The van der Waals surface area contributed by atoms with Crippen LogP contribution in [0.1, 0.15) is 64.6 Å². The number of ether oxygens (including phenoxy) is 2. The van der Waals surface area contributed by atoms with E-state index in [9.17, 15) is 17.6 Å². The van der Waals surface area contributed by atoms with Crippen molar-refractivity contribution in [3.63, 3.8) is 0 Å². The minimum absolute atomic E-state index is 0.00476. The van der Waals surface area contributed by atoms with E-state index in [1.54, 1.807) is 31.2 Å². The normalized spacial score (nSPS) is 20.0. The van der Waals surface area contributed by atoms with E-state index in [1.807, 2.05) is 27.7 Å². The lowest BCUT2D eigenvalue weighted by Gasteiger charge is -2.32. The van der Waals surface area contributed by atoms with Crippen molar-refractivity contribution in [3.8, 4) is 11.3 Å². The minimum atomic E-state index is -3.62. The summed E-state index contributed by atoms with van der Waals surface area (Å²) in [4.78, 5) is 20.2. The van der Waals surface area contributed by atoms with Crippen LogP contribution in [0.15, 0.2) is 30.3 Å². The van der Waals surface area contributed by atoms with E-state index in [2.05, 4.69) is 9.97 Å². The third-order valence-corrected chi connectivity index (χ3v) is 6.69. The summed E-state index contributed by atoms with van der Waals surface area (Å²) in [6.45, 7) is 9.56. The summed E-state index contributed by atoms with van der Waals surface area (Å²) in [6.07, 6.45) is 3.39. The topological polar surface area (TPSA) is 119 Å². The van der Waals surface area contributed by atoms with E-state index < -0.39 is 40.3 Å². The van der Waals surface area contributed by atoms with Gasteiger partial charge in [-0.15, -0.1) is 0 Å². The molecule has 0 aliphatic carbocycles. The van der Waals surface area contributed by atoms with Crippen molar-refractivity contribution in [3.05, 3.63) is 47.4 Å². The van der Waals surface area contributed by atoms with Gasteiger partial charge in [0.1, 0.15) is 5.82 Å². The highest BCUT2D eigenvalue weighted by atomic mass is 32.2. The first-order valence-corrected chi connectivity index (χ1v) is 14.0. The maximum Gasteiger partial charge on any atom is 0.305 e. The van der Waals surface area contributed by atoms with Gasteiger partial charge >= 0.3 is 5.97 Å². The Balaban J connectivity index is 0.00000235. The van der Waals surface area contributed by atoms with Crippen LogP contribution in [0.2, 0.25) is 0 Å². The smallest absolute Gasteiger partial charge is 0.305 e. The Labute approximate surface area is 218 Å². The third-order valence-electron chi connectivity index (χ3n) is 5.53. The Morgan fingerprint density at radius 2 is 1.84 bits per heavy atom. The maximum absolute atomic E-state index is 13.6. The zero-order valence-corrected chi connectivity index (χ0v) is 23.1. The number of halogens is 1. The predicted molar refractivity (Wildman–Crippen MR) is 141 cm³/mol. The minimum Gasteiger partial charge on any atom is -0.481 e. The number of aromatic nitrogens is 2. The first kappa shape index (κ1) is 30.3. The summed E-state index contributed by atoms with van der Waals surface area (Å²) in [6, 6.07) is 5.75. The van der Waals surface area contributed by atoms with Gasteiger partial charge < -0.3 is 14.6 Å². The lowest BCUT2D eigenvalue weighted by Crippen LogP contribution is -2.36. The van der Waals surface area contributed by atoms with E-state index >= 15 is 0 Å². The van der Waals surface area contributed by atoms with Crippen LogP contribution in [-0.2, 0) is 24.3 Å². The Hall–Kier alpha value is -2.89. The molecule has 1 aliphatic rings. The number of carboxylic acids is 1. The van der Waals surface area contributed by atoms with Crippen LogP contribution in [0.3, 0.4) is 0 Å². The highest BCUT2D eigenvalue weighted by molar-refractivity contribution is 7.92. The molecule has 3 atom stereocenters. The SMILES string of the molecule is CC.CC1OC(/C=C/c2c(-c3ccc(F)cc3)nc(N(C)S(C)(=O)=O)nc2C(C)C)CC(CC(=O)O)O1. The molecule has 3 rings (SSSR count). The molecule has 37 heavy (non-hydrogen) atoms. The largest absolute Gasteiger partial charge is 0.481 e. The van der Waals surface area contributed by atoms with Crippen LogP contribution in [-0.4, -0.2) is 61.3 Å². The second kappa shape index (κ2) is 13.1. The summed E-state index contributed by atoms with van der Waals surface area (Å²) in [7, 11) is -2.25. The first-order valence-electron chi connectivity index (χ1n) is 12.2. The van der Waals surface area contributed by atoms with Gasteiger partial charge in [0.25, 0.3) is 0 Å². The monoisotopic (exact) mass is 537 g/mol. The number of nitrogens with zero attached hydrogens (tertiary/aromatic N) is 3. The number of hydrogen-bond acceptors (Lipinski definition) is 7. The average Bonchev–Trinajstić information content (AvgIpc) is 2.82. The van der Waals surface area contributed by atoms with Crippen molar-refractivity contribution in [1.29, 1.82) is 0 Å². The van der Waals surface area contributed by atoms with Crippen molar-refractivity contribution in [2.45, 2.75) is 71.9 Å². The molecule has 1 N–H and O–H groups in total. The van der Waals surface area contributed by atoms with Crippen molar-refractivity contribution in [2.24, 2.45) is 0 Å². The van der Waals surface area contributed by atoms with Gasteiger partial charge in [-0.2, -0.15) is 0 Å². The molecule has 1 fully saturated rings. The van der Waals surface area contributed by atoms with E-state index in [1.165, 1.54) is 19.2 Å². The second-order valence-electron chi connectivity index (χ2n) is 8.76. The molecule has 1 aromatic heterocycles. The molecule has 3 unspecified atom stereocenters. The molecule has 1 aliphatic heterocycles. The van der Waals surface area contributed by atoms with Crippen molar-refractivity contribution >= 4 is 28.0 Å². The molecular formula is C26H36FN3O6S. The van der Waals surface area contributed by atoms with Crippen molar-refractivity contribution < 1.29 is 32.2 Å². The summed E-state index contributed by atoms with van der Waals surface area (Å²) in [5, 5.41) is 9.12. The van der Waals surface area contributed by atoms with Crippen LogP contribution in [0.25, 0.3) is 17.3 Å². The van der Waals surface area contributed by atoms with Gasteiger partial charge in [-0.25, -0.2) is 27.1 Å². The first-order chi connectivity index (χ1) is 17.3. The van der Waals surface area contributed by atoms with Gasteiger partial charge in [0, 0.05) is 24.6 Å². The number of carboxylic acid groups (broad SMARTS) is 1. The van der Waals surface area contributed by atoms with Crippen molar-refractivity contribution in [2.75, 3.05) is 17.6 Å². The standard InChI is InChI=1S/C24H30FN3O6S.C2H6/c1-14(2)22-20(11-10-18-12-19(13-21(29)30)34-15(3)33-18)23(16-6-8-17(25)9-7-16)27-24(26-22)28(4)35(5,31)32;1-2/h6-11,14-15,18-19H,12-13H2,1-5H3,(H,29,30);1-2H3/b11-10+;. The number of carbonyl (C=O) groups is 1.